The summed E-state index contributed by atoms with van der Waals surface area (Å²) in [7, 11) is 0. The Kier molecular flexibility index (Phi) is 4.83. The predicted octanol–water partition coefficient (Wildman–Crippen LogP) is 2.81. The normalized spacial score (nSPS) is 17.9. The minimum atomic E-state index is -0.584. The molecule has 1 unspecified atom stereocenters. The number of benzene rings is 2. The lowest BCUT2D eigenvalue weighted by atomic mass is 10.1. The largest absolute Gasteiger partial charge is 0.438 e. The number of rotatable bonds is 4. The van der Waals surface area contributed by atoms with Gasteiger partial charge in [-0.3, -0.25) is 4.90 Å². The first-order chi connectivity index (χ1) is 13.1. The lowest BCUT2D eigenvalue weighted by molar-refractivity contribution is -0.0423. The highest BCUT2D eigenvalue weighted by atomic mass is 19.1. The highest BCUT2D eigenvalue weighted by Gasteiger charge is 2.23. The molecule has 0 bridgehead atoms. The van der Waals surface area contributed by atoms with Crippen LogP contribution in [0.4, 0.5) is 8.78 Å². The Morgan fingerprint density at radius 3 is 2.41 bits per heavy atom. The second-order valence-corrected chi connectivity index (χ2v) is 6.31. The molecule has 3 aromatic rings. The van der Waals surface area contributed by atoms with E-state index in [9.17, 15) is 13.6 Å². The maximum Gasteiger partial charge on any atom is 0.438 e. The van der Waals surface area contributed by atoms with Crippen LogP contribution in [0.3, 0.4) is 0 Å². The van der Waals surface area contributed by atoms with Crippen LogP contribution < -0.4 is 5.76 Å². The lowest BCUT2D eigenvalue weighted by Gasteiger charge is -2.32. The molecule has 1 saturated heterocycles. The zero-order chi connectivity index (χ0) is 18.8. The van der Waals surface area contributed by atoms with Gasteiger partial charge in [-0.1, -0.05) is 12.1 Å². The molecular formula is C19H17F2N3O3. The van der Waals surface area contributed by atoms with Gasteiger partial charge in [0.25, 0.3) is 0 Å². The van der Waals surface area contributed by atoms with Gasteiger partial charge in [-0.25, -0.2) is 13.6 Å². The Hall–Kier alpha value is -2.84. The highest BCUT2D eigenvalue weighted by Crippen LogP contribution is 2.23. The fourth-order valence-electron chi connectivity index (χ4n) is 3.00. The van der Waals surface area contributed by atoms with Gasteiger partial charge in [-0.05, 0) is 42.0 Å². The van der Waals surface area contributed by atoms with Gasteiger partial charge in [-0.15, -0.1) is 5.10 Å². The minimum absolute atomic E-state index is 0.142. The molecule has 1 fully saturated rings. The maximum atomic E-state index is 13.1. The summed E-state index contributed by atoms with van der Waals surface area (Å²) in [5, 5.41) is 4.20. The van der Waals surface area contributed by atoms with E-state index in [1.54, 1.807) is 12.1 Å². The summed E-state index contributed by atoms with van der Waals surface area (Å²) in [4.78, 5) is 14.1. The molecule has 0 aliphatic carbocycles. The molecule has 2 heterocycles. The van der Waals surface area contributed by atoms with E-state index in [1.165, 1.54) is 41.1 Å². The van der Waals surface area contributed by atoms with Gasteiger partial charge in [0.15, 0.2) is 0 Å². The van der Waals surface area contributed by atoms with Crippen molar-refractivity contribution in [2.24, 2.45) is 0 Å². The monoisotopic (exact) mass is 373 g/mol. The summed E-state index contributed by atoms with van der Waals surface area (Å²) in [6.07, 6.45) is -0.210. The first kappa shape index (κ1) is 17.6. The van der Waals surface area contributed by atoms with Crippen molar-refractivity contribution >= 4 is 0 Å². The van der Waals surface area contributed by atoms with Crippen LogP contribution >= 0.6 is 0 Å². The van der Waals surface area contributed by atoms with E-state index < -0.39 is 5.76 Å². The molecule has 0 saturated carbocycles. The molecule has 0 spiro atoms. The summed E-state index contributed by atoms with van der Waals surface area (Å²) in [6.45, 7) is 1.89. The van der Waals surface area contributed by atoms with Crippen LogP contribution in [0.2, 0.25) is 0 Å². The SMILES string of the molecule is O=c1oc(-c2ccc(F)cc2)nn1CN1CCOC(c2ccc(F)cc2)C1. The molecule has 140 valence electrons. The topological polar surface area (TPSA) is 60.5 Å². The molecule has 1 aromatic heterocycles. The van der Waals surface area contributed by atoms with E-state index in [1.807, 2.05) is 4.90 Å². The average Bonchev–Trinajstić information content (AvgIpc) is 3.03. The molecule has 0 amide bonds. The molecule has 0 N–H and O–H groups in total. The molecule has 1 aliphatic heterocycles. The lowest BCUT2D eigenvalue weighted by Crippen LogP contribution is -2.41. The molecule has 0 radical (unpaired) electrons. The van der Waals surface area contributed by atoms with Gasteiger partial charge in [0.2, 0.25) is 5.89 Å². The van der Waals surface area contributed by atoms with Crippen molar-refractivity contribution in [1.29, 1.82) is 0 Å². The fourth-order valence-corrected chi connectivity index (χ4v) is 3.00. The predicted molar refractivity (Wildman–Crippen MR) is 92.8 cm³/mol. The summed E-state index contributed by atoms with van der Waals surface area (Å²) < 4.78 is 38.3. The van der Waals surface area contributed by atoms with Crippen molar-refractivity contribution in [3.8, 4) is 11.5 Å². The second-order valence-electron chi connectivity index (χ2n) is 6.31. The molecular weight excluding hydrogens is 356 g/mol. The van der Waals surface area contributed by atoms with Crippen molar-refractivity contribution in [1.82, 2.24) is 14.7 Å². The minimum Gasteiger partial charge on any atom is -0.388 e. The van der Waals surface area contributed by atoms with Gasteiger partial charge in [-0.2, -0.15) is 4.68 Å². The molecule has 1 atom stereocenters. The first-order valence-electron chi connectivity index (χ1n) is 8.52. The summed E-state index contributed by atoms with van der Waals surface area (Å²) in [5.74, 6) is -1.11. The Morgan fingerprint density at radius 1 is 1.04 bits per heavy atom. The molecule has 2 aromatic carbocycles. The molecule has 6 nitrogen and oxygen atoms in total. The molecule has 27 heavy (non-hydrogen) atoms. The number of nitrogens with zero attached hydrogens (tertiary/aromatic N) is 3. The standard InChI is InChI=1S/C19H17F2N3O3/c20-15-5-1-13(2-6-15)17-11-23(9-10-26-17)12-24-19(25)27-18(22-24)14-3-7-16(21)8-4-14/h1-8,17H,9-12H2. The van der Waals surface area contributed by atoms with Crippen LogP contribution in [0.1, 0.15) is 11.7 Å². The van der Waals surface area contributed by atoms with E-state index in [0.717, 1.165) is 5.56 Å². The molecule has 8 heteroatoms. The number of morpholine rings is 1. The Balaban J connectivity index is 1.48. The van der Waals surface area contributed by atoms with Crippen LogP contribution in [0.25, 0.3) is 11.5 Å². The van der Waals surface area contributed by atoms with Gasteiger partial charge >= 0.3 is 5.76 Å². The summed E-state index contributed by atoms with van der Waals surface area (Å²) >= 11 is 0. The fraction of sp³-hybridized carbons (Fsp3) is 0.263. The van der Waals surface area contributed by atoms with Crippen LogP contribution in [-0.4, -0.2) is 34.4 Å². The number of hydrogen-bond donors (Lipinski definition) is 0. The van der Waals surface area contributed by atoms with Gasteiger partial charge in [0, 0.05) is 18.7 Å². The van der Waals surface area contributed by atoms with Crippen molar-refractivity contribution < 1.29 is 17.9 Å². The average molecular weight is 373 g/mol. The maximum absolute atomic E-state index is 13.1. The van der Waals surface area contributed by atoms with Gasteiger partial charge < -0.3 is 9.15 Å². The summed E-state index contributed by atoms with van der Waals surface area (Å²) in [5.41, 5.74) is 1.40. The van der Waals surface area contributed by atoms with E-state index in [4.69, 9.17) is 9.15 Å². The Labute approximate surface area is 153 Å². The van der Waals surface area contributed by atoms with Crippen LogP contribution in [0.15, 0.2) is 57.7 Å². The third-order valence-corrected chi connectivity index (χ3v) is 4.42. The van der Waals surface area contributed by atoms with E-state index in [-0.39, 0.29) is 30.3 Å². The second kappa shape index (κ2) is 7.42. The quantitative estimate of drug-likeness (QED) is 0.704. The van der Waals surface area contributed by atoms with Gasteiger partial charge in [0.1, 0.15) is 18.3 Å². The number of aromatic nitrogens is 2. The van der Waals surface area contributed by atoms with E-state index >= 15 is 0 Å². The van der Waals surface area contributed by atoms with Crippen molar-refractivity contribution in [3.63, 3.8) is 0 Å². The van der Waals surface area contributed by atoms with Crippen molar-refractivity contribution in [3.05, 3.63) is 76.3 Å². The van der Waals surface area contributed by atoms with E-state index in [2.05, 4.69) is 5.10 Å². The highest BCUT2D eigenvalue weighted by molar-refractivity contribution is 5.51. The third kappa shape index (κ3) is 3.96. The smallest absolute Gasteiger partial charge is 0.388 e. The number of hydrogen-bond acceptors (Lipinski definition) is 5. The van der Waals surface area contributed by atoms with Crippen molar-refractivity contribution in [2.75, 3.05) is 19.7 Å². The third-order valence-electron chi connectivity index (χ3n) is 4.42. The molecule has 4 rings (SSSR count). The number of halogens is 2. The zero-order valence-electron chi connectivity index (χ0n) is 14.3. The Bertz CT molecular complexity index is 967. The van der Waals surface area contributed by atoms with Crippen LogP contribution in [-0.2, 0) is 11.4 Å². The van der Waals surface area contributed by atoms with Crippen LogP contribution in [0, 0.1) is 11.6 Å². The number of ether oxygens (including phenoxy) is 1. The zero-order valence-corrected chi connectivity index (χ0v) is 14.3. The van der Waals surface area contributed by atoms with Gasteiger partial charge in [0.05, 0.1) is 12.7 Å². The first-order valence-corrected chi connectivity index (χ1v) is 8.52. The Morgan fingerprint density at radius 2 is 1.70 bits per heavy atom. The van der Waals surface area contributed by atoms with Crippen LogP contribution in [0.5, 0.6) is 0 Å². The van der Waals surface area contributed by atoms with E-state index in [0.29, 0.717) is 25.3 Å². The summed E-state index contributed by atoms with van der Waals surface area (Å²) in [6, 6.07) is 11.8. The van der Waals surface area contributed by atoms with Crippen molar-refractivity contribution in [2.45, 2.75) is 12.8 Å². The molecule has 1 aliphatic rings.